The molecule has 5 rings (SSSR count). The minimum Gasteiger partial charge on any atom is -0.439 e. The van der Waals surface area contributed by atoms with Gasteiger partial charge in [0.05, 0.1) is 17.0 Å². The zero-order valence-electron chi connectivity index (χ0n) is 15.1. The normalized spacial score (nSPS) is 15.8. The van der Waals surface area contributed by atoms with E-state index in [0.29, 0.717) is 16.8 Å². The van der Waals surface area contributed by atoms with Crippen LogP contribution < -0.4 is 16.0 Å². The van der Waals surface area contributed by atoms with Gasteiger partial charge in [0.1, 0.15) is 17.4 Å². The van der Waals surface area contributed by atoms with E-state index in [1.165, 1.54) is 0 Å². The molecule has 0 saturated carbocycles. The Bertz CT molecular complexity index is 1450. The summed E-state index contributed by atoms with van der Waals surface area (Å²) < 4.78 is 6.66. The minimum absolute atomic E-state index is 0.0146. The number of hydrogen-bond donors (Lipinski definition) is 2. The molecule has 0 bridgehead atoms. The number of nitrogens with zero attached hydrogens (tertiary/aromatic N) is 1. The van der Waals surface area contributed by atoms with Crippen LogP contribution in [0.3, 0.4) is 0 Å². The van der Waals surface area contributed by atoms with Gasteiger partial charge in [-0.15, -0.1) is 0 Å². The number of pyridine rings is 1. The van der Waals surface area contributed by atoms with E-state index in [0.717, 1.165) is 26.2 Å². The summed E-state index contributed by atoms with van der Waals surface area (Å²) in [6.45, 7) is 0. The molecular weight excluding hydrogens is 430 g/mol. The van der Waals surface area contributed by atoms with E-state index in [1.54, 1.807) is 0 Å². The molecule has 2 heterocycles. The largest absolute Gasteiger partial charge is 0.439 e. The molecular formula is C23H14BrN3O2. The fourth-order valence-corrected chi connectivity index (χ4v) is 4.50. The predicted molar refractivity (Wildman–Crippen MR) is 116 cm³/mol. The lowest BCUT2D eigenvalue weighted by atomic mass is 9.83. The maximum Gasteiger partial charge on any atom is 0.256 e. The summed E-state index contributed by atoms with van der Waals surface area (Å²) in [6, 6.07) is 21.3. The first-order valence-corrected chi connectivity index (χ1v) is 9.79. The molecule has 3 N–H and O–H groups in total. The Morgan fingerprint density at radius 1 is 1.03 bits per heavy atom. The van der Waals surface area contributed by atoms with Gasteiger partial charge in [0.15, 0.2) is 0 Å². The molecule has 3 aromatic carbocycles. The monoisotopic (exact) mass is 443 g/mol. The van der Waals surface area contributed by atoms with Gasteiger partial charge < -0.3 is 15.5 Å². The maximum atomic E-state index is 13.3. The lowest BCUT2D eigenvalue weighted by molar-refractivity contribution is 0.397. The summed E-state index contributed by atoms with van der Waals surface area (Å²) in [7, 11) is 0. The van der Waals surface area contributed by atoms with Crippen molar-refractivity contribution in [1.29, 1.82) is 5.26 Å². The second-order valence-electron chi connectivity index (χ2n) is 6.85. The number of nitriles is 1. The zero-order chi connectivity index (χ0) is 20.1. The third kappa shape index (κ3) is 2.55. The summed E-state index contributed by atoms with van der Waals surface area (Å²) in [5, 5.41) is 12.4. The van der Waals surface area contributed by atoms with Crippen molar-refractivity contribution in [1.82, 2.24) is 4.98 Å². The van der Waals surface area contributed by atoms with Crippen LogP contribution in [-0.2, 0) is 0 Å². The van der Waals surface area contributed by atoms with Crippen LogP contribution in [0, 0.1) is 11.3 Å². The number of rotatable bonds is 1. The molecule has 29 heavy (non-hydrogen) atoms. The number of ether oxygens (including phenoxy) is 1. The first kappa shape index (κ1) is 17.5. The van der Waals surface area contributed by atoms with Crippen LogP contribution in [0.5, 0.6) is 5.75 Å². The Morgan fingerprint density at radius 3 is 2.59 bits per heavy atom. The highest BCUT2D eigenvalue weighted by atomic mass is 79.9. The van der Waals surface area contributed by atoms with Gasteiger partial charge in [-0.25, -0.2) is 0 Å². The van der Waals surface area contributed by atoms with E-state index in [9.17, 15) is 10.1 Å². The van der Waals surface area contributed by atoms with Gasteiger partial charge in [0.2, 0.25) is 5.88 Å². The molecule has 0 fully saturated rings. The van der Waals surface area contributed by atoms with Crippen LogP contribution >= 0.6 is 15.9 Å². The lowest BCUT2D eigenvalue weighted by Crippen LogP contribution is -2.28. The average Bonchev–Trinajstić information content (AvgIpc) is 2.73. The highest BCUT2D eigenvalue weighted by Crippen LogP contribution is 2.45. The average molecular weight is 444 g/mol. The van der Waals surface area contributed by atoms with Crippen LogP contribution in [-0.4, -0.2) is 4.98 Å². The highest BCUT2D eigenvalue weighted by molar-refractivity contribution is 9.10. The van der Waals surface area contributed by atoms with Crippen LogP contribution in [0.4, 0.5) is 0 Å². The number of nitrogens with two attached hydrogens (primary N) is 1. The molecule has 0 amide bonds. The van der Waals surface area contributed by atoms with Crippen LogP contribution in [0.25, 0.3) is 21.7 Å². The third-order valence-corrected chi connectivity index (χ3v) is 6.02. The minimum atomic E-state index is -0.626. The molecule has 6 heteroatoms. The highest BCUT2D eigenvalue weighted by Gasteiger charge is 2.35. The second-order valence-corrected chi connectivity index (χ2v) is 7.71. The van der Waals surface area contributed by atoms with Crippen LogP contribution in [0.15, 0.2) is 81.4 Å². The Hall–Kier alpha value is -3.56. The molecule has 0 spiro atoms. The number of aromatic nitrogens is 1. The smallest absolute Gasteiger partial charge is 0.256 e. The van der Waals surface area contributed by atoms with Gasteiger partial charge in [0.25, 0.3) is 5.56 Å². The van der Waals surface area contributed by atoms with Crippen molar-refractivity contribution in [2.45, 2.75) is 5.92 Å². The summed E-state index contributed by atoms with van der Waals surface area (Å²) in [5.74, 6) is -0.216. The van der Waals surface area contributed by atoms with Crippen molar-refractivity contribution in [2.75, 3.05) is 0 Å². The summed E-state index contributed by atoms with van der Waals surface area (Å²) in [4.78, 5) is 16.3. The number of benzene rings is 3. The summed E-state index contributed by atoms with van der Waals surface area (Å²) in [5.41, 5.74) is 7.91. The van der Waals surface area contributed by atoms with Crippen LogP contribution in [0.1, 0.15) is 17.0 Å². The Morgan fingerprint density at radius 2 is 1.79 bits per heavy atom. The van der Waals surface area contributed by atoms with E-state index in [2.05, 4.69) is 27.0 Å². The molecule has 4 aromatic rings. The Kier molecular flexibility index (Phi) is 3.93. The van der Waals surface area contributed by atoms with Crippen molar-refractivity contribution in [2.24, 2.45) is 5.73 Å². The summed E-state index contributed by atoms with van der Waals surface area (Å²) in [6.07, 6.45) is 0. The number of H-pyrrole nitrogens is 1. The Balaban J connectivity index is 1.91. The van der Waals surface area contributed by atoms with Gasteiger partial charge in [-0.3, -0.25) is 4.79 Å². The number of nitrogens with one attached hydrogen (secondary N) is 1. The van der Waals surface area contributed by atoms with E-state index in [1.807, 2.05) is 60.7 Å². The van der Waals surface area contributed by atoms with Gasteiger partial charge in [-0.1, -0.05) is 64.5 Å². The van der Waals surface area contributed by atoms with Crippen molar-refractivity contribution < 1.29 is 4.74 Å². The topological polar surface area (TPSA) is 91.9 Å². The van der Waals surface area contributed by atoms with Gasteiger partial charge >= 0.3 is 0 Å². The molecule has 0 radical (unpaired) electrons. The first-order chi connectivity index (χ1) is 14.1. The molecule has 140 valence electrons. The first-order valence-electron chi connectivity index (χ1n) is 9.00. The quantitative estimate of drug-likeness (QED) is 0.418. The SMILES string of the molecule is N#CC1=C(N)Oc2c(c(=O)[nH]c3c2ccc2ccccc23)C1c1ccccc1Br. The van der Waals surface area contributed by atoms with Crippen LogP contribution in [0.2, 0.25) is 0 Å². The molecule has 1 atom stereocenters. The van der Waals surface area contributed by atoms with Crippen molar-refractivity contribution in [3.63, 3.8) is 0 Å². The summed E-state index contributed by atoms with van der Waals surface area (Å²) >= 11 is 3.54. The fraction of sp³-hybridized carbons (Fsp3) is 0.0435. The van der Waals surface area contributed by atoms with Crippen molar-refractivity contribution in [3.8, 4) is 11.8 Å². The molecule has 0 saturated heterocycles. The Labute approximate surface area is 174 Å². The van der Waals surface area contributed by atoms with E-state index < -0.39 is 5.92 Å². The standard InChI is InChI=1S/C23H14BrN3O2/c24-17-8-4-3-7-14(17)18-16(11-25)22(26)29-21-15-10-9-12-5-1-2-6-13(12)20(15)27-23(28)19(18)21/h1-10,18H,26H2,(H,27,28). The number of aromatic amines is 1. The zero-order valence-corrected chi connectivity index (χ0v) is 16.7. The molecule has 1 aliphatic heterocycles. The molecule has 0 aliphatic carbocycles. The molecule has 5 nitrogen and oxygen atoms in total. The lowest BCUT2D eigenvalue weighted by Gasteiger charge is -2.27. The number of fused-ring (bicyclic) bond motifs is 5. The van der Waals surface area contributed by atoms with E-state index in [-0.39, 0.29) is 17.0 Å². The van der Waals surface area contributed by atoms with Gasteiger partial charge in [0, 0.05) is 15.2 Å². The number of hydrogen-bond acceptors (Lipinski definition) is 4. The molecule has 1 unspecified atom stereocenters. The number of halogens is 1. The van der Waals surface area contributed by atoms with Crippen molar-refractivity contribution >= 4 is 37.6 Å². The number of allylic oxidation sites excluding steroid dienone is 1. The fourth-order valence-electron chi connectivity index (χ4n) is 3.99. The van der Waals surface area contributed by atoms with E-state index in [4.69, 9.17) is 10.5 Å². The maximum absolute atomic E-state index is 13.3. The second kappa shape index (κ2) is 6.50. The predicted octanol–water partition coefficient (Wildman–Crippen LogP) is 4.66. The van der Waals surface area contributed by atoms with Gasteiger partial charge in [-0.2, -0.15) is 5.26 Å². The van der Waals surface area contributed by atoms with Gasteiger partial charge in [-0.05, 0) is 23.1 Å². The van der Waals surface area contributed by atoms with E-state index >= 15 is 0 Å². The third-order valence-electron chi connectivity index (χ3n) is 5.29. The van der Waals surface area contributed by atoms with Crippen molar-refractivity contribution in [3.05, 3.63) is 98.1 Å². The molecule has 1 aromatic heterocycles. The molecule has 1 aliphatic rings.